The second-order valence-corrected chi connectivity index (χ2v) is 4.27. The zero-order chi connectivity index (χ0) is 11.8. The number of pyridine rings is 1. The van der Waals surface area contributed by atoms with Crippen LogP contribution in [0.5, 0.6) is 0 Å². The van der Waals surface area contributed by atoms with Gasteiger partial charge < -0.3 is 28.4 Å². The number of hydrogen-bond donors (Lipinski definition) is 0. The van der Waals surface area contributed by atoms with E-state index in [1.165, 1.54) is 10.8 Å². The van der Waals surface area contributed by atoms with E-state index in [0.717, 1.165) is 17.2 Å². The van der Waals surface area contributed by atoms with Gasteiger partial charge in [0.1, 0.15) is 12.8 Å². The number of rotatable bonds is 1. The third-order valence-electron chi connectivity index (χ3n) is 3.02. The molecule has 0 aliphatic heterocycles. The molecule has 0 aliphatic rings. The van der Waals surface area contributed by atoms with Gasteiger partial charge in [-0.15, -0.1) is 0 Å². The first-order valence-electron chi connectivity index (χ1n) is 5.70. The summed E-state index contributed by atoms with van der Waals surface area (Å²) in [6, 6.07) is 14.5. The molecule has 2 aromatic heterocycles. The van der Waals surface area contributed by atoms with Crippen molar-refractivity contribution in [3.63, 3.8) is 0 Å². The van der Waals surface area contributed by atoms with Gasteiger partial charge in [-0.3, -0.25) is 0 Å². The third-order valence-corrected chi connectivity index (χ3v) is 3.02. The van der Waals surface area contributed by atoms with Crippen molar-refractivity contribution in [2.75, 3.05) is 0 Å². The summed E-state index contributed by atoms with van der Waals surface area (Å²) >= 11 is 0. The normalized spacial score (nSPS) is 10.3. The van der Waals surface area contributed by atoms with Gasteiger partial charge in [-0.05, 0) is 30.5 Å². The van der Waals surface area contributed by atoms with Crippen LogP contribution in [0.1, 0.15) is 5.76 Å². The molecular formula is C15H14INO. The van der Waals surface area contributed by atoms with Crippen LogP contribution < -0.4 is 28.5 Å². The molecule has 0 saturated heterocycles. The Morgan fingerprint density at radius 3 is 2.50 bits per heavy atom. The Morgan fingerprint density at radius 1 is 1.00 bits per heavy atom. The lowest BCUT2D eigenvalue weighted by atomic mass is 10.1. The van der Waals surface area contributed by atoms with E-state index in [-0.39, 0.29) is 24.0 Å². The van der Waals surface area contributed by atoms with Crippen LogP contribution in [0, 0.1) is 6.92 Å². The minimum Gasteiger partial charge on any atom is -1.00 e. The van der Waals surface area contributed by atoms with E-state index in [2.05, 4.69) is 41.1 Å². The number of benzene rings is 1. The summed E-state index contributed by atoms with van der Waals surface area (Å²) in [4.78, 5) is 0. The van der Waals surface area contributed by atoms with Crippen molar-refractivity contribution in [2.24, 2.45) is 7.05 Å². The van der Waals surface area contributed by atoms with Crippen LogP contribution in [0.25, 0.3) is 22.2 Å². The zero-order valence-electron chi connectivity index (χ0n) is 10.4. The third kappa shape index (κ3) is 2.14. The molecule has 3 heteroatoms. The highest BCUT2D eigenvalue weighted by atomic mass is 127. The molecule has 3 aromatic rings. The Labute approximate surface area is 123 Å². The van der Waals surface area contributed by atoms with Crippen LogP contribution in [0.4, 0.5) is 0 Å². The number of aromatic nitrogens is 1. The second kappa shape index (κ2) is 5.10. The molecular weight excluding hydrogens is 337 g/mol. The van der Waals surface area contributed by atoms with Gasteiger partial charge in [0.15, 0.2) is 12.0 Å². The summed E-state index contributed by atoms with van der Waals surface area (Å²) in [5.74, 6) is 1.86. The van der Waals surface area contributed by atoms with Crippen LogP contribution in [0.15, 0.2) is 53.1 Å². The Morgan fingerprint density at radius 2 is 1.78 bits per heavy atom. The average molecular weight is 351 g/mol. The predicted octanol–water partition coefficient (Wildman–Crippen LogP) is 0.237. The standard InChI is InChI=1S/C15H14NO.HI/c1-11-7-8-14(17-11)15-13-6-4-3-5-12(13)9-10-16(15)2;/h3-10H,1-2H3;1H/q+1;/p-1. The van der Waals surface area contributed by atoms with Crippen LogP contribution in [0.2, 0.25) is 0 Å². The molecule has 0 N–H and O–H groups in total. The van der Waals surface area contributed by atoms with Crippen molar-refractivity contribution in [1.82, 2.24) is 0 Å². The van der Waals surface area contributed by atoms with Crippen molar-refractivity contribution in [1.29, 1.82) is 0 Å². The Bertz CT molecular complexity index is 688. The highest BCUT2D eigenvalue weighted by Crippen LogP contribution is 2.26. The first-order chi connectivity index (χ1) is 8.25. The number of furan rings is 1. The average Bonchev–Trinajstić information content (AvgIpc) is 2.75. The van der Waals surface area contributed by atoms with Crippen LogP contribution in [-0.2, 0) is 7.05 Å². The minimum absolute atomic E-state index is 0. The van der Waals surface area contributed by atoms with E-state index in [1.54, 1.807) is 0 Å². The summed E-state index contributed by atoms with van der Waals surface area (Å²) in [5.41, 5.74) is 1.12. The molecule has 0 unspecified atom stereocenters. The fourth-order valence-electron chi connectivity index (χ4n) is 2.18. The number of hydrogen-bond acceptors (Lipinski definition) is 1. The molecule has 18 heavy (non-hydrogen) atoms. The van der Waals surface area contributed by atoms with E-state index < -0.39 is 0 Å². The summed E-state index contributed by atoms with van der Waals surface area (Å²) in [6.45, 7) is 1.97. The molecule has 2 heterocycles. The first-order valence-corrected chi connectivity index (χ1v) is 5.70. The molecule has 1 aromatic carbocycles. The van der Waals surface area contributed by atoms with Gasteiger partial charge in [-0.25, -0.2) is 0 Å². The highest BCUT2D eigenvalue weighted by molar-refractivity contribution is 5.91. The minimum atomic E-state index is 0. The molecule has 2 nitrogen and oxygen atoms in total. The van der Waals surface area contributed by atoms with Crippen LogP contribution in [0.3, 0.4) is 0 Å². The largest absolute Gasteiger partial charge is 1.00 e. The number of fused-ring (bicyclic) bond motifs is 1. The molecule has 0 fully saturated rings. The summed E-state index contributed by atoms with van der Waals surface area (Å²) in [6.07, 6.45) is 2.06. The number of halogens is 1. The van der Waals surface area contributed by atoms with Gasteiger partial charge in [-0.2, -0.15) is 4.57 Å². The molecule has 0 radical (unpaired) electrons. The molecule has 0 spiro atoms. The van der Waals surface area contributed by atoms with Crippen molar-refractivity contribution in [2.45, 2.75) is 6.92 Å². The number of nitrogens with zero attached hydrogens (tertiary/aromatic N) is 1. The summed E-state index contributed by atoms with van der Waals surface area (Å²) in [5, 5.41) is 2.45. The smallest absolute Gasteiger partial charge is 0.255 e. The molecule has 92 valence electrons. The summed E-state index contributed by atoms with van der Waals surface area (Å²) in [7, 11) is 2.04. The van der Waals surface area contributed by atoms with Crippen molar-refractivity contribution in [3.05, 3.63) is 54.4 Å². The van der Waals surface area contributed by atoms with E-state index in [1.807, 2.05) is 26.1 Å². The molecule has 0 saturated carbocycles. The Balaban J connectivity index is 0.00000120. The van der Waals surface area contributed by atoms with E-state index in [0.29, 0.717) is 0 Å². The Hall–Kier alpha value is -1.36. The zero-order valence-corrected chi connectivity index (χ0v) is 12.5. The highest BCUT2D eigenvalue weighted by Gasteiger charge is 2.17. The maximum Gasteiger partial charge on any atom is 0.255 e. The SMILES string of the molecule is Cc1ccc(-c2c3ccccc3cc[n+]2C)o1.[I-]. The maximum atomic E-state index is 5.74. The fraction of sp³-hybridized carbons (Fsp3) is 0.133. The van der Waals surface area contributed by atoms with Crippen molar-refractivity contribution < 1.29 is 33.0 Å². The van der Waals surface area contributed by atoms with Gasteiger partial charge in [0, 0.05) is 6.07 Å². The van der Waals surface area contributed by atoms with Gasteiger partial charge in [-0.1, -0.05) is 18.2 Å². The molecule has 3 rings (SSSR count). The van der Waals surface area contributed by atoms with Gasteiger partial charge in [0.05, 0.1) is 5.39 Å². The monoisotopic (exact) mass is 351 g/mol. The lowest BCUT2D eigenvalue weighted by Gasteiger charge is -2.01. The van der Waals surface area contributed by atoms with Gasteiger partial charge in [0.2, 0.25) is 0 Å². The Kier molecular flexibility index (Phi) is 3.71. The van der Waals surface area contributed by atoms with E-state index in [4.69, 9.17) is 4.42 Å². The molecule has 0 aliphatic carbocycles. The molecule has 0 atom stereocenters. The maximum absolute atomic E-state index is 5.74. The lowest BCUT2D eigenvalue weighted by Crippen LogP contribution is -3.00. The quantitative estimate of drug-likeness (QED) is 0.454. The molecule has 0 bridgehead atoms. The van der Waals surface area contributed by atoms with E-state index >= 15 is 0 Å². The van der Waals surface area contributed by atoms with Crippen LogP contribution >= 0.6 is 0 Å². The van der Waals surface area contributed by atoms with Crippen molar-refractivity contribution in [3.8, 4) is 11.5 Å². The van der Waals surface area contributed by atoms with Crippen molar-refractivity contribution >= 4 is 10.8 Å². The first kappa shape index (κ1) is 13.1. The van der Waals surface area contributed by atoms with Gasteiger partial charge >= 0.3 is 0 Å². The predicted molar refractivity (Wildman–Crippen MR) is 67.6 cm³/mol. The summed E-state index contributed by atoms with van der Waals surface area (Å²) < 4.78 is 7.84. The fourth-order valence-corrected chi connectivity index (χ4v) is 2.18. The van der Waals surface area contributed by atoms with E-state index in [9.17, 15) is 0 Å². The molecule has 0 amide bonds. The second-order valence-electron chi connectivity index (χ2n) is 4.27. The van der Waals surface area contributed by atoms with Gasteiger partial charge in [0.25, 0.3) is 5.69 Å². The van der Waals surface area contributed by atoms with Crippen LogP contribution in [-0.4, -0.2) is 0 Å². The lowest BCUT2D eigenvalue weighted by molar-refractivity contribution is -0.659. The number of aryl methyl sites for hydroxylation is 2. The topological polar surface area (TPSA) is 17.0 Å².